The van der Waals surface area contributed by atoms with E-state index in [1.54, 1.807) is 0 Å². The highest BCUT2D eigenvalue weighted by atomic mass is 16.5. The maximum atomic E-state index is 6.57. The molecule has 0 saturated heterocycles. The smallest absolute Gasteiger partial charge is 0.127 e. The molecular formula is C18H19NO. The third kappa shape index (κ3) is 1.83. The molecule has 4 rings (SSSR count). The summed E-state index contributed by atoms with van der Waals surface area (Å²) in [5.74, 6) is 1.54. The van der Waals surface area contributed by atoms with E-state index in [2.05, 4.69) is 42.5 Å². The van der Waals surface area contributed by atoms with Gasteiger partial charge in [-0.2, -0.15) is 0 Å². The quantitative estimate of drug-likeness (QED) is 0.906. The van der Waals surface area contributed by atoms with Crippen LogP contribution < -0.4 is 10.5 Å². The van der Waals surface area contributed by atoms with E-state index in [0.717, 1.165) is 31.6 Å². The fourth-order valence-corrected chi connectivity index (χ4v) is 3.60. The second-order valence-electron chi connectivity index (χ2n) is 5.90. The van der Waals surface area contributed by atoms with Crippen molar-refractivity contribution in [3.05, 3.63) is 64.7 Å². The van der Waals surface area contributed by atoms with Gasteiger partial charge >= 0.3 is 0 Å². The van der Waals surface area contributed by atoms with Crippen molar-refractivity contribution >= 4 is 0 Å². The molecule has 102 valence electrons. The first-order valence-corrected chi connectivity index (χ1v) is 7.40. The third-order valence-electron chi connectivity index (χ3n) is 4.69. The molecule has 0 fully saturated rings. The first-order valence-electron chi connectivity index (χ1n) is 7.40. The Morgan fingerprint density at radius 3 is 2.40 bits per heavy atom. The molecule has 2 aromatic carbocycles. The molecule has 2 N–H and O–H groups in total. The Bertz CT molecular complexity index is 625. The van der Waals surface area contributed by atoms with Crippen LogP contribution in [-0.4, -0.2) is 6.61 Å². The SMILES string of the molecule is NC(c1cccc2c1OCC2)C1Cc2ccccc2C1. The second-order valence-corrected chi connectivity index (χ2v) is 5.90. The lowest BCUT2D eigenvalue weighted by molar-refractivity contribution is 0.344. The van der Waals surface area contributed by atoms with Crippen molar-refractivity contribution in [1.82, 2.24) is 0 Å². The van der Waals surface area contributed by atoms with Crippen molar-refractivity contribution in [2.75, 3.05) is 6.61 Å². The summed E-state index contributed by atoms with van der Waals surface area (Å²) in [5.41, 5.74) is 12.0. The van der Waals surface area contributed by atoms with Crippen LogP contribution in [0.4, 0.5) is 0 Å². The summed E-state index contributed by atoms with van der Waals surface area (Å²) in [4.78, 5) is 0. The molecule has 2 heteroatoms. The minimum atomic E-state index is 0.0652. The molecule has 2 nitrogen and oxygen atoms in total. The van der Waals surface area contributed by atoms with Crippen LogP contribution in [-0.2, 0) is 19.3 Å². The van der Waals surface area contributed by atoms with Crippen LogP contribution in [0, 0.1) is 5.92 Å². The van der Waals surface area contributed by atoms with Crippen LogP contribution in [0.3, 0.4) is 0 Å². The van der Waals surface area contributed by atoms with E-state index >= 15 is 0 Å². The number of nitrogens with two attached hydrogens (primary N) is 1. The lowest BCUT2D eigenvalue weighted by atomic mass is 9.90. The van der Waals surface area contributed by atoms with Crippen molar-refractivity contribution in [3.8, 4) is 5.75 Å². The average molecular weight is 265 g/mol. The molecular weight excluding hydrogens is 246 g/mol. The van der Waals surface area contributed by atoms with Crippen molar-refractivity contribution in [2.45, 2.75) is 25.3 Å². The van der Waals surface area contributed by atoms with Gasteiger partial charge in [-0.15, -0.1) is 0 Å². The van der Waals surface area contributed by atoms with E-state index < -0.39 is 0 Å². The van der Waals surface area contributed by atoms with E-state index in [0.29, 0.717) is 5.92 Å². The first-order chi connectivity index (χ1) is 9.83. The van der Waals surface area contributed by atoms with Crippen LogP contribution in [0.5, 0.6) is 5.75 Å². The zero-order valence-corrected chi connectivity index (χ0v) is 11.5. The molecule has 0 bridgehead atoms. The Morgan fingerprint density at radius 1 is 0.950 bits per heavy atom. The van der Waals surface area contributed by atoms with Crippen molar-refractivity contribution in [3.63, 3.8) is 0 Å². The largest absolute Gasteiger partial charge is 0.493 e. The Balaban J connectivity index is 1.64. The molecule has 2 aromatic rings. The van der Waals surface area contributed by atoms with Gasteiger partial charge in [0, 0.05) is 18.0 Å². The van der Waals surface area contributed by atoms with E-state index in [9.17, 15) is 0 Å². The van der Waals surface area contributed by atoms with Gasteiger partial charge in [-0.3, -0.25) is 0 Å². The number of rotatable bonds is 2. The van der Waals surface area contributed by atoms with Crippen LogP contribution in [0.1, 0.15) is 28.3 Å². The molecule has 0 spiro atoms. The summed E-state index contributed by atoms with van der Waals surface area (Å²) in [6, 6.07) is 15.2. The zero-order valence-electron chi connectivity index (χ0n) is 11.5. The monoisotopic (exact) mass is 265 g/mol. The molecule has 0 aromatic heterocycles. The molecule has 1 unspecified atom stereocenters. The Kier molecular flexibility index (Phi) is 2.78. The standard InChI is InChI=1S/C18H19NO/c19-17(15-10-13-4-1-2-5-14(13)11-15)16-7-3-6-12-8-9-20-18(12)16/h1-7,15,17H,8-11,19H2. The van der Waals surface area contributed by atoms with Crippen LogP contribution >= 0.6 is 0 Å². The lowest BCUT2D eigenvalue weighted by Gasteiger charge is -2.21. The van der Waals surface area contributed by atoms with Gasteiger partial charge in [-0.05, 0) is 35.4 Å². The van der Waals surface area contributed by atoms with Gasteiger partial charge in [-0.25, -0.2) is 0 Å². The highest BCUT2D eigenvalue weighted by Gasteiger charge is 2.30. The van der Waals surface area contributed by atoms with E-state index in [-0.39, 0.29) is 6.04 Å². The van der Waals surface area contributed by atoms with Gasteiger partial charge in [0.15, 0.2) is 0 Å². The number of benzene rings is 2. The summed E-state index contributed by atoms with van der Waals surface area (Å²) in [6.07, 6.45) is 3.18. The molecule has 1 aliphatic carbocycles. The molecule has 2 aliphatic rings. The van der Waals surface area contributed by atoms with Gasteiger partial charge in [0.2, 0.25) is 0 Å². The van der Waals surface area contributed by atoms with E-state index in [1.807, 2.05) is 0 Å². The van der Waals surface area contributed by atoms with Gasteiger partial charge in [0.05, 0.1) is 6.61 Å². The van der Waals surface area contributed by atoms with Crippen LogP contribution in [0.2, 0.25) is 0 Å². The third-order valence-corrected chi connectivity index (χ3v) is 4.69. The molecule has 1 aliphatic heterocycles. The highest BCUT2D eigenvalue weighted by molar-refractivity contribution is 5.46. The summed E-state index contributed by atoms with van der Waals surface area (Å²) in [5, 5.41) is 0. The fraction of sp³-hybridized carbons (Fsp3) is 0.333. The van der Waals surface area contributed by atoms with Crippen LogP contribution in [0.15, 0.2) is 42.5 Å². The van der Waals surface area contributed by atoms with Gasteiger partial charge in [0.25, 0.3) is 0 Å². The van der Waals surface area contributed by atoms with Gasteiger partial charge < -0.3 is 10.5 Å². The van der Waals surface area contributed by atoms with Crippen LogP contribution in [0.25, 0.3) is 0 Å². The molecule has 1 atom stereocenters. The van der Waals surface area contributed by atoms with E-state index in [1.165, 1.54) is 22.3 Å². The molecule has 1 heterocycles. The zero-order chi connectivity index (χ0) is 13.5. The predicted octanol–water partition coefficient (Wildman–Crippen LogP) is 3.04. The van der Waals surface area contributed by atoms with E-state index in [4.69, 9.17) is 10.5 Å². The summed E-state index contributed by atoms with van der Waals surface area (Å²) < 4.78 is 5.81. The molecule has 0 saturated carbocycles. The fourth-order valence-electron chi connectivity index (χ4n) is 3.60. The maximum Gasteiger partial charge on any atom is 0.127 e. The Hall–Kier alpha value is -1.80. The maximum absolute atomic E-state index is 6.57. The van der Waals surface area contributed by atoms with Crippen molar-refractivity contribution in [1.29, 1.82) is 0 Å². The number of hydrogen-bond donors (Lipinski definition) is 1. The van der Waals surface area contributed by atoms with Gasteiger partial charge in [-0.1, -0.05) is 42.5 Å². The number of hydrogen-bond acceptors (Lipinski definition) is 2. The predicted molar refractivity (Wildman–Crippen MR) is 79.9 cm³/mol. The topological polar surface area (TPSA) is 35.2 Å². The molecule has 20 heavy (non-hydrogen) atoms. The summed E-state index contributed by atoms with van der Waals surface area (Å²) in [6.45, 7) is 0.796. The van der Waals surface area contributed by atoms with Crippen molar-refractivity contribution < 1.29 is 4.74 Å². The number of fused-ring (bicyclic) bond motifs is 2. The average Bonchev–Trinajstić information content (AvgIpc) is 3.12. The highest BCUT2D eigenvalue weighted by Crippen LogP contribution is 2.39. The second kappa shape index (κ2) is 4.64. The first kappa shape index (κ1) is 12.0. The number of para-hydroxylation sites is 1. The van der Waals surface area contributed by atoms with Gasteiger partial charge in [0.1, 0.15) is 5.75 Å². The van der Waals surface area contributed by atoms with Crippen molar-refractivity contribution in [2.24, 2.45) is 11.7 Å². The normalized spacial score (nSPS) is 18.4. The number of ether oxygens (including phenoxy) is 1. The minimum Gasteiger partial charge on any atom is -0.493 e. The Morgan fingerprint density at radius 2 is 1.65 bits per heavy atom. The molecule has 0 amide bonds. The Labute approximate surface area is 119 Å². The molecule has 0 radical (unpaired) electrons. The summed E-state index contributed by atoms with van der Waals surface area (Å²) in [7, 11) is 0. The summed E-state index contributed by atoms with van der Waals surface area (Å²) >= 11 is 0. The minimum absolute atomic E-state index is 0.0652. The lowest BCUT2D eigenvalue weighted by Crippen LogP contribution is -2.22.